The van der Waals surface area contributed by atoms with Gasteiger partial charge in [0, 0.05) is 32.1 Å². The van der Waals surface area contributed by atoms with E-state index in [0.29, 0.717) is 25.5 Å². The fraction of sp³-hybridized carbons (Fsp3) is 0.520. The number of benzene rings is 2. The number of ether oxygens (including phenoxy) is 2. The van der Waals surface area contributed by atoms with Crippen molar-refractivity contribution in [2.75, 3.05) is 46.9 Å². The van der Waals surface area contributed by atoms with Gasteiger partial charge in [0.2, 0.25) is 0 Å². The molecule has 1 saturated heterocycles. The molecule has 0 N–H and O–H groups in total. The third-order valence-electron chi connectivity index (χ3n) is 6.28. The molecule has 2 aliphatic heterocycles. The van der Waals surface area contributed by atoms with Crippen LogP contribution in [0.15, 0.2) is 42.5 Å². The lowest BCUT2D eigenvalue weighted by Crippen LogP contribution is -2.37. The average Bonchev–Trinajstić information content (AvgIpc) is 2.76. The highest BCUT2D eigenvalue weighted by atomic mass is 19.1. The molecule has 0 saturated carbocycles. The molecular formula is C25H33FN2O2. The summed E-state index contributed by atoms with van der Waals surface area (Å²) in [7, 11) is 3.87. The van der Waals surface area contributed by atoms with Gasteiger partial charge in [0.05, 0.1) is 13.7 Å². The Balaban J connectivity index is 1.37. The summed E-state index contributed by atoms with van der Waals surface area (Å²) in [6.07, 6.45) is 1.96. The van der Waals surface area contributed by atoms with E-state index in [2.05, 4.69) is 47.2 Å². The van der Waals surface area contributed by atoms with E-state index in [-0.39, 0.29) is 0 Å². The zero-order valence-electron chi connectivity index (χ0n) is 18.1. The van der Waals surface area contributed by atoms with Crippen molar-refractivity contribution < 1.29 is 13.9 Å². The number of hydrogen-bond donors (Lipinski definition) is 0. The minimum atomic E-state index is -0.657. The van der Waals surface area contributed by atoms with Gasteiger partial charge in [-0.1, -0.05) is 18.2 Å². The maximum Gasteiger partial charge on any atom is 0.119 e. The molecule has 0 aliphatic carbocycles. The number of rotatable bonds is 7. The van der Waals surface area contributed by atoms with E-state index in [1.54, 1.807) is 7.11 Å². The molecular weight excluding hydrogens is 379 g/mol. The van der Waals surface area contributed by atoms with E-state index in [9.17, 15) is 4.39 Å². The van der Waals surface area contributed by atoms with Crippen LogP contribution in [0.2, 0.25) is 0 Å². The zero-order valence-corrected chi connectivity index (χ0v) is 18.1. The predicted molar refractivity (Wildman–Crippen MR) is 118 cm³/mol. The lowest BCUT2D eigenvalue weighted by atomic mass is 9.84. The molecule has 1 fully saturated rings. The van der Waals surface area contributed by atoms with Crippen LogP contribution in [-0.4, -0.2) is 62.9 Å². The van der Waals surface area contributed by atoms with Gasteiger partial charge in [-0.3, -0.25) is 0 Å². The molecule has 4 nitrogen and oxygen atoms in total. The minimum absolute atomic E-state index is 0.353. The number of alkyl halides is 1. The molecule has 0 radical (unpaired) electrons. The summed E-state index contributed by atoms with van der Waals surface area (Å²) in [6.45, 7) is 5.11. The monoisotopic (exact) mass is 412 g/mol. The lowest BCUT2D eigenvalue weighted by Gasteiger charge is -2.33. The summed E-state index contributed by atoms with van der Waals surface area (Å²) in [5, 5.41) is 0. The van der Waals surface area contributed by atoms with Crippen LogP contribution in [0.3, 0.4) is 0 Å². The van der Waals surface area contributed by atoms with Crippen molar-refractivity contribution >= 4 is 0 Å². The molecule has 2 aliphatic rings. The Morgan fingerprint density at radius 1 is 1.07 bits per heavy atom. The highest BCUT2D eigenvalue weighted by Gasteiger charge is 2.25. The Kier molecular flexibility index (Phi) is 6.90. The summed E-state index contributed by atoms with van der Waals surface area (Å²) in [5.74, 6) is 2.17. The van der Waals surface area contributed by atoms with Crippen LogP contribution in [-0.2, 0) is 6.54 Å². The van der Waals surface area contributed by atoms with Gasteiger partial charge in [0.25, 0.3) is 0 Å². The molecule has 30 heavy (non-hydrogen) atoms. The van der Waals surface area contributed by atoms with Gasteiger partial charge in [-0.2, -0.15) is 0 Å². The third kappa shape index (κ3) is 5.13. The van der Waals surface area contributed by atoms with Gasteiger partial charge in [0.15, 0.2) is 0 Å². The molecule has 0 bridgehead atoms. The Bertz CT molecular complexity index is 826. The number of hydrogen-bond acceptors (Lipinski definition) is 4. The summed E-state index contributed by atoms with van der Waals surface area (Å²) in [4.78, 5) is 4.59. The molecule has 4 rings (SSSR count). The van der Waals surface area contributed by atoms with Crippen molar-refractivity contribution in [2.24, 2.45) is 0 Å². The van der Waals surface area contributed by atoms with E-state index < -0.39 is 6.17 Å². The van der Waals surface area contributed by atoms with Gasteiger partial charge in [-0.15, -0.1) is 0 Å². The van der Waals surface area contributed by atoms with Gasteiger partial charge in [-0.25, -0.2) is 4.39 Å². The summed E-state index contributed by atoms with van der Waals surface area (Å²) >= 11 is 0. The molecule has 162 valence electrons. The van der Waals surface area contributed by atoms with E-state index in [1.165, 1.54) is 16.7 Å². The normalized spacial score (nSPS) is 22.5. The number of nitrogens with zero attached hydrogens (tertiary/aromatic N) is 2. The first-order valence-corrected chi connectivity index (χ1v) is 11.1. The smallest absolute Gasteiger partial charge is 0.119 e. The van der Waals surface area contributed by atoms with E-state index in [4.69, 9.17) is 9.47 Å². The number of likely N-dealkylation sites (tertiary alicyclic amines) is 1. The third-order valence-corrected chi connectivity index (χ3v) is 6.28. The second kappa shape index (κ2) is 9.80. The quantitative estimate of drug-likeness (QED) is 0.626. The van der Waals surface area contributed by atoms with Crippen LogP contribution in [0.1, 0.15) is 41.9 Å². The molecule has 2 heterocycles. The molecule has 2 aromatic rings. The molecule has 2 unspecified atom stereocenters. The van der Waals surface area contributed by atoms with Gasteiger partial charge >= 0.3 is 0 Å². The van der Waals surface area contributed by atoms with Gasteiger partial charge in [0.1, 0.15) is 17.7 Å². The summed E-state index contributed by atoms with van der Waals surface area (Å²) in [5.41, 5.74) is 4.02. The second-order valence-electron chi connectivity index (χ2n) is 8.63. The summed E-state index contributed by atoms with van der Waals surface area (Å²) in [6, 6.07) is 14.9. The zero-order chi connectivity index (χ0) is 20.9. The van der Waals surface area contributed by atoms with Crippen LogP contribution in [0.25, 0.3) is 0 Å². The van der Waals surface area contributed by atoms with Crippen molar-refractivity contribution in [3.8, 4) is 11.5 Å². The molecule has 0 amide bonds. The topological polar surface area (TPSA) is 24.9 Å². The molecule has 0 aromatic heterocycles. The second-order valence-corrected chi connectivity index (χ2v) is 8.63. The van der Waals surface area contributed by atoms with Crippen molar-refractivity contribution in [3.63, 3.8) is 0 Å². The number of likely N-dealkylation sites (N-methyl/N-ethyl adjacent to an activating group) is 1. The minimum Gasteiger partial charge on any atom is -0.497 e. The highest BCUT2D eigenvalue weighted by Crippen LogP contribution is 2.35. The molecule has 0 spiro atoms. The van der Waals surface area contributed by atoms with Crippen molar-refractivity contribution in [2.45, 2.75) is 37.9 Å². The van der Waals surface area contributed by atoms with Crippen LogP contribution in [0.4, 0.5) is 4.39 Å². The first-order chi connectivity index (χ1) is 14.6. The van der Waals surface area contributed by atoms with Crippen LogP contribution < -0.4 is 9.47 Å². The fourth-order valence-corrected chi connectivity index (χ4v) is 4.72. The highest BCUT2D eigenvalue weighted by molar-refractivity contribution is 5.45. The fourth-order valence-electron chi connectivity index (χ4n) is 4.72. The molecule has 2 aromatic carbocycles. The molecule has 5 heteroatoms. The average molecular weight is 413 g/mol. The number of fused-ring (bicyclic) bond motifs is 1. The Hall–Kier alpha value is -2.11. The Morgan fingerprint density at radius 2 is 1.87 bits per heavy atom. The van der Waals surface area contributed by atoms with E-state index in [1.807, 2.05) is 12.1 Å². The van der Waals surface area contributed by atoms with Crippen LogP contribution in [0.5, 0.6) is 11.5 Å². The van der Waals surface area contributed by atoms with Crippen molar-refractivity contribution in [3.05, 3.63) is 59.2 Å². The number of piperidine rings is 1. The summed E-state index contributed by atoms with van der Waals surface area (Å²) < 4.78 is 24.9. The van der Waals surface area contributed by atoms with Crippen molar-refractivity contribution in [1.29, 1.82) is 0 Å². The van der Waals surface area contributed by atoms with Crippen LogP contribution in [0, 0.1) is 0 Å². The largest absolute Gasteiger partial charge is 0.497 e. The van der Waals surface area contributed by atoms with E-state index >= 15 is 0 Å². The van der Waals surface area contributed by atoms with Crippen molar-refractivity contribution in [1.82, 2.24) is 9.80 Å². The number of methoxy groups -OCH3 is 1. The van der Waals surface area contributed by atoms with Crippen LogP contribution >= 0.6 is 0 Å². The maximum atomic E-state index is 13.5. The lowest BCUT2D eigenvalue weighted by molar-refractivity contribution is 0.131. The van der Waals surface area contributed by atoms with E-state index in [0.717, 1.165) is 50.5 Å². The van der Waals surface area contributed by atoms with Gasteiger partial charge in [-0.05, 0) is 73.8 Å². The first-order valence-electron chi connectivity index (χ1n) is 11.1. The van der Waals surface area contributed by atoms with Gasteiger partial charge < -0.3 is 19.3 Å². The maximum absolute atomic E-state index is 13.5. The Labute approximate surface area is 179 Å². The SMILES string of the molecule is COc1ccc(C2CN(C)Cc3cc(OCCCN4CCCC(F)C4)ccc32)cc1. The Morgan fingerprint density at radius 3 is 2.63 bits per heavy atom. The number of halogens is 1. The standard InChI is InChI=1S/C25H33FN2O2/c1-27-16-20-15-23(30-14-4-13-28-12-3-5-21(26)17-28)10-11-24(20)25(18-27)19-6-8-22(29-2)9-7-19/h6-11,15,21,25H,3-5,12-14,16-18H2,1-2H3. The molecule has 2 atom stereocenters. The predicted octanol–water partition coefficient (Wildman–Crippen LogP) is 4.48. The first kappa shape index (κ1) is 21.1.